The van der Waals surface area contributed by atoms with Crippen molar-refractivity contribution in [2.75, 3.05) is 24.9 Å². The third-order valence-corrected chi connectivity index (χ3v) is 13.5. The maximum Gasteiger partial charge on any atom is 2.00 e. The summed E-state index contributed by atoms with van der Waals surface area (Å²) in [6, 6.07) is 34.7. The number of methoxy groups -OCH3 is 2. The molecule has 8 aromatic carbocycles. The number of fused-ring (bicyclic) bond motifs is 2. The second kappa shape index (κ2) is 23.4. The molecule has 0 bridgehead atoms. The molecule has 0 aromatic heterocycles. The number of anilines is 2. The summed E-state index contributed by atoms with van der Waals surface area (Å²) in [5, 5.41) is 47.4. The Bertz CT molecular complexity index is 3490. The molecule has 0 spiro atoms. The van der Waals surface area contributed by atoms with E-state index in [1.807, 2.05) is 0 Å². The molecule has 0 aliphatic rings. The number of ether oxygens (including phenoxy) is 2. The van der Waals surface area contributed by atoms with Gasteiger partial charge in [-0.25, -0.2) is 8.42 Å². The van der Waals surface area contributed by atoms with Crippen molar-refractivity contribution in [2.24, 2.45) is 20.5 Å². The van der Waals surface area contributed by atoms with E-state index >= 15 is 0 Å². The zero-order valence-electron chi connectivity index (χ0n) is 38.7. The molecule has 0 unspecified atom stereocenters. The first-order valence-electron chi connectivity index (χ1n) is 20.9. The molecule has 368 valence electrons. The Hall–Kier alpha value is -6.72. The number of benzene rings is 8. The largest absolute Gasteiger partial charge is 2.00 e. The van der Waals surface area contributed by atoms with Gasteiger partial charge in [-0.3, -0.25) is 14.1 Å². The van der Waals surface area contributed by atoms with Gasteiger partial charge in [-0.1, -0.05) is 89.6 Å². The third-order valence-electron chi connectivity index (χ3n) is 10.7. The number of rotatable bonds is 12. The summed E-state index contributed by atoms with van der Waals surface area (Å²) in [5.74, 6) is -1.28. The normalized spacial score (nSPS) is 11.5. The minimum atomic E-state index is -4.93. The molecule has 0 radical (unpaired) electrons. The smallest absolute Gasteiger partial charge is 0.870 e. The van der Waals surface area contributed by atoms with Gasteiger partial charge in [0.1, 0.15) is 43.6 Å². The molecule has 0 heterocycles. The first-order valence-corrected chi connectivity index (χ1v) is 24.5. The first kappa shape index (κ1) is 55.6. The number of halogens is 2. The molecule has 23 heteroatoms. The fraction of sp³-hybridized carbons (Fsp3) is 0.0800. The molecule has 0 atom stereocenters. The van der Waals surface area contributed by atoms with Gasteiger partial charge in [0.05, 0.1) is 40.4 Å². The minimum absolute atomic E-state index is 0. The number of hydrogen-bond donors (Lipinski definition) is 4. The summed E-state index contributed by atoms with van der Waals surface area (Å²) >= 11 is 12.5. The van der Waals surface area contributed by atoms with Crippen LogP contribution in [0.1, 0.15) is 31.8 Å². The molecule has 18 nitrogen and oxygen atoms in total. The molecule has 0 fully saturated rings. The van der Waals surface area contributed by atoms with Crippen molar-refractivity contribution in [3.63, 3.8) is 0 Å². The minimum Gasteiger partial charge on any atom is -0.870 e. The summed E-state index contributed by atoms with van der Waals surface area (Å²) in [6.45, 7) is 3.23. The van der Waals surface area contributed by atoms with Crippen molar-refractivity contribution in [2.45, 2.75) is 23.6 Å². The number of azo groups is 2. The van der Waals surface area contributed by atoms with E-state index < -0.39 is 53.3 Å². The molecular weight excluding hydrogens is 1050 g/mol. The quantitative estimate of drug-likeness (QED) is 0.0505. The van der Waals surface area contributed by atoms with Crippen LogP contribution in [-0.4, -0.2) is 94.8 Å². The fourth-order valence-electron chi connectivity index (χ4n) is 7.01. The second-order valence-corrected chi connectivity index (χ2v) is 18.9. The first-order chi connectivity index (χ1) is 34.2. The monoisotopic (exact) mass is 1090 g/mol. The Morgan fingerprint density at radius 2 is 0.973 bits per heavy atom. The van der Waals surface area contributed by atoms with E-state index in [0.717, 1.165) is 12.1 Å². The molecule has 4 N–H and O–H groups in total. The van der Waals surface area contributed by atoms with Gasteiger partial charge in [-0.05, 0) is 109 Å². The number of amides is 2. The van der Waals surface area contributed by atoms with Crippen molar-refractivity contribution in [3.8, 4) is 23.0 Å². The summed E-state index contributed by atoms with van der Waals surface area (Å²) in [4.78, 5) is 24.8. The van der Waals surface area contributed by atoms with Gasteiger partial charge in [0.2, 0.25) is 0 Å². The summed E-state index contributed by atoms with van der Waals surface area (Å²) < 4.78 is 78.7. The number of carbonyl (C=O) groups is 2. The van der Waals surface area contributed by atoms with Crippen LogP contribution in [0.4, 0.5) is 34.1 Å². The van der Waals surface area contributed by atoms with Crippen LogP contribution in [0, 0.1) is 13.8 Å². The van der Waals surface area contributed by atoms with Crippen LogP contribution < -0.4 is 25.2 Å². The van der Waals surface area contributed by atoms with E-state index in [2.05, 4.69) is 31.1 Å². The number of nitrogens with zero attached hydrogens (tertiary/aromatic N) is 4. The van der Waals surface area contributed by atoms with Crippen LogP contribution in [-0.2, 0) is 20.2 Å². The Labute approximate surface area is 457 Å². The number of phenolic OH excluding ortho intramolecular Hbond substituents is 1. The zero-order chi connectivity index (χ0) is 52.1. The van der Waals surface area contributed by atoms with E-state index in [1.54, 1.807) is 111 Å². The predicted molar refractivity (Wildman–Crippen MR) is 275 cm³/mol. The van der Waals surface area contributed by atoms with Crippen molar-refractivity contribution in [1.29, 1.82) is 0 Å². The van der Waals surface area contributed by atoms with Crippen LogP contribution in [0.2, 0.25) is 10.0 Å². The predicted octanol–water partition coefficient (Wildman–Crippen LogP) is 11.5. The van der Waals surface area contributed by atoms with Gasteiger partial charge in [0.15, 0.2) is 5.75 Å². The Kier molecular flexibility index (Phi) is 17.8. The molecule has 2 amide bonds. The summed E-state index contributed by atoms with van der Waals surface area (Å²) in [7, 11) is -6.55. The van der Waals surface area contributed by atoms with Crippen LogP contribution in [0.25, 0.3) is 21.5 Å². The maximum absolute atomic E-state index is 13.3. The SMILES string of the molecule is COc1ccc(NC(=O)c2cc3ccccc3c(N=Nc3c(S(=O)(=O)O)ccc(C)c3Cl)c2O)cc1.COc1ccc(NC(=O)c2cc3ccccc3c(N=Nc3c(S(=O)(=O)[O-])ccc(C)c3Cl)c2[O-])cc1.[Ca+2]. The number of hydrogen-bond acceptors (Lipinski definition) is 15. The second-order valence-electron chi connectivity index (χ2n) is 15.4. The van der Waals surface area contributed by atoms with E-state index in [0.29, 0.717) is 55.5 Å². The molecule has 0 aliphatic heterocycles. The fourth-order valence-corrected chi connectivity index (χ4v) is 8.77. The standard InChI is InChI=1S/2C25H20ClN3O6S.Ca/c2*1-14-7-12-20(36(32,33)34)23(21(14)26)29-28-22-18-6-4-3-5-15(18)13-19(24(22)30)25(31)27-16-8-10-17(35-2)11-9-16;/h2*3-13,30H,1-2H3,(H,27,31)(H,32,33,34);/q;;+2/p-2. The molecule has 73 heavy (non-hydrogen) atoms. The van der Waals surface area contributed by atoms with Gasteiger partial charge in [0, 0.05) is 27.7 Å². The molecule has 0 saturated carbocycles. The van der Waals surface area contributed by atoms with Crippen LogP contribution in [0.15, 0.2) is 164 Å². The summed E-state index contributed by atoms with van der Waals surface area (Å²) in [5.41, 5.74) is 0.617. The van der Waals surface area contributed by atoms with E-state index in [1.165, 1.54) is 38.5 Å². The average Bonchev–Trinajstić information content (AvgIpc) is 3.35. The molecule has 0 aliphatic carbocycles. The number of carbonyl (C=O) groups excluding carboxylic acids is 2. The van der Waals surface area contributed by atoms with Crippen molar-refractivity contribution >= 4 is 149 Å². The molecule has 0 saturated heterocycles. The van der Waals surface area contributed by atoms with E-state index in [4.69, 9.17) is 32.7 Å². The van der Waals surface area contributed by atoms with E-state index in [9.17, 15) is 45.7 Å². The van der Waals surface area contributed by atoms with Gasteiger partial charge in [-0.2, -0.15) is 13.5 Å². The Balaban J connectivity index is 0.000000235. The third kappa shape index (κ3) is 12.7. The average molecular weight is 1090 g/mol. The topological polar surface area (TPSA) is 281 Å². The van der Waals surface area contributed by atoms with Crippen molar-refractivity contribution < 1.29 is 55.2 Å². The summed E-state index contributed by atoms with van der Waals surface area (Å²) in [6.07, 6.45) is 0. The number of nitrogens with one attached hydrogen (secondary N) is 2. The number of phenols is 1. The van der Waals surface area contributed by atoms with Crippen LogP contribution in [0.5, 0.6) is 23.0 Å². The van der Waals surface area contributed by atoms with Crippen LogP contribution >= 0.6 is 23.2 Å². The number of aryl methyl sites for hydroxylation is 2. The zero-order valence-corrected chi connectivity index (χ0v) is 44.1. The van der Waals surface area contributed by atoms with Gasteiger partial charge < -0.3 is 34.9 Å². The number of aromatic hydroxyl groups is 1. The Morgan fingerprint density at radius 3 is 1.44 bits per heavy atom. The van der Waals surface area contributed by atoms with Crippen molar-refractivity contribution in [1.82, 2.24) is 0 Å². The molecular formula is C50H38CaCl2N6O12S2. The Morgan fingerprint density at radius 1 is 0.575 bits per heavy atom. The molecule has 8 rings (SSSR count). The van der Waals surface area contributed by atoms with Gasteiger partial charge in [-0.15, -0.1) is 15.3 Å². The van der Waals surface area contributed by atoms with Gasteiger partial charge >= 0.3 is 37.7 Å². The molecule has 8 aromatic rings. The van der Waals surface area contributed by atoms with Crippen LogP contribution in [0.3, 0.4) is 0 Å². The van der Waals surface area contributed by atoms with E-state index in [-0.39, 0.29) is 81.7 Å². The van der Waals surface area contributed by atoms with Gasteiger partial charge in [0.25, 0.3) is 21.9 Å². The maximum atomic E-state index is 13.3. The van der Waals surface area contributed by atoms with Crippen molar-refractivity contribution in [3.05, 3.63) is 166 Å².